The first-order valence-corrected chi connectivity index (χ1v) is 7.39. The zero-order valence-electron chi connectivity index (χ0n) is 12.6. The minimum atomic E-state index is -0.261. The third kappa shape index (κ3) is 5.93. The molecule has 4 nitrogen and oxygen atoms in total. The Morgan fingerprint density at radius 3 is 2.50 bits per heavy atom. The molecule has 1 amide bonds. The fourth-order valence-corrected chi connectivity index (χ4v) is 2.58. The largest absolute Gasteiger partial charge is 0.340 e. The first kappa shape index (κ1) is 20.9. The maximum atomic E-state index is 12.2. The second-order valence-corrected chi connectivity index (χ2v) is 5.89. The van der Waals surface area contributed by atoms with E-state index in [1.54, 1.807) is 23.3 Å². The summed E-state index contributed by atoms with van der Waals surface area (Å²) in [5.74, 6) is 0.0343. The number of thiazole rings is 1. The van der Waals surface area contributed by atoms with Gasteiger partial charge >= 0.3 is 0 Å². The normalized spacial score (nSPS) is 11.0. The van der Waals surface area contributed by atoms with Gasteiger partial charge in [0.2, 0.25) is 5.91 Å². The Kier molecular flexibility index (Phi) is 9.28. The van der Waals surface area contributed by atoms with Crippen LogP contribution in [0, 0.1) is 6.92 Å². The second-order valence-electron chi connectivity index (χ2n) is 4.83. The van der Waals surface area contributed by atoms with Gasteiger partial charge in [-0.25, -0.2) is 4.98 Å². The fourth-order valence-electron chi connectivity index (χ4n) is 1.97. The van der Waals surface area contributed by atoms with E-state index in [4.69, 9.17) is 5.73 Å². The lowest BCUT2D eigenvalue weighted by atomic mass is 10.0. The van der Waals surface area contributed by atoms with Crippen LogP contribution in [0.1, 0.15) is 28.7 Å². The number of carbonyl (C=O) groups is 1. The highest BCUT2D eigenvalue weighted by molar-refractivity contribution is 7.09. The summed E-state index contributed by atoms with van der Waals surface area (Å²) in [7, 11) is 1.79. The molecule has 0 aliphatic carbocycles. The monoisotopic (exact) mass is 361 g/mol. The molecule has 0 aliphatic rings. The predicted octanol–water partition coefficient (Wildman–Crippen LogP) is 3.34. The van der Waals surface area contributed by atoms with Gasteiger partial charge in [0.15, 0.2) is 0 Å². The molecule has 0 bridgehead atoms. The number of aryl methyl sites for hydroxylation is 1. The molecule has 7 heteroatoms. The number of nitrogens with zero attached hydrogens (tertiary/aromatic N) is 2. The van der Waals surface area contributed by atoms with Crippen LogP contribution in [0.3, 0.4) is 0 Å². The quantitative estimate of drug-likeness (QED) is 0.888. The Hall–Kier alpha value is -1.14. The molecule has 0 fully saturated rings. The lowest BCUT2D eigenvalue weighted by Gasteiger charge is -2.19. The van der Waals surface area contributed by atoms with Crippen LogP contribution in [0.15, 0.2) is 35.7 Å². The third-order valence-corrected chi connectivity index (χ3v) is 3.94. The van der Waals surface area contributed by atoms with Crippen molar-refractivity contribution in [2.75, 3.05) is 7.05 Å². The Labute approximate surface area is 147 Å². The maximum absolute atomic E-state index is 12.2. The standard InChI is InChI=1S/C15H19N3OS.2ClH/c1-11-17-13(10-20-11)9-18(2)15(19)8-14(16)12-6-4-3-5-7-12;;/h3-7,10,14H,8-9,16H2,1-2H3;2*1H. The minimum absolute atomic E-state index is 0. The number of hydrogen-bond acceptors (Lipinski definition) is 4. The molecule has 2 aromatic rings. The summed E-state index contributed by atoms with van der Waals surface area (Å²) in [4.78, 5) is 18.2. The molecule has 1 aromatic heterocycles. The van der Waals surface area contributed by atoms with Crippen LogP contribution < -0.4 is 5.73 Å². The van der Waals surface area contributed by atoms with E-state index >= 15 is 0 Å². The number of hydrogen-bond donors (Lipinski definition) is 1. The van der Waals surface area contributed by atoms with E-state index < -0.39 is 0 Å². The maximum Gasteiger partial charge on any atom is 0.224 e. The first-order chi connectivity index (χ1) is 9.56. The van der Waals surface area contributed by atoms with Gasteiger partial charge < -0.3 is 10.6 Å². The molecule has 2 rings (SSSR count). The summed E-state index contributed by atoms with van der Waals surface area (Å²) in [6.45, 7) is 2.49. The van der Waals surface area contributed by atoms with Gasteiger partial charge in [-0.2, -0.15) is 0 Å². The number of amides is 1. The molecule has 122 valence electrons. The number of rotatable bonds is 5. The fraction of sp³-hybridized carbons (Fsp3) is 0.333. The van der Waals surface area contributed by atoms with Gasteiger partial charge in [-0.05, 0) is 12.5 Å². The van der Waals surface area contributed by atoms with Crippen LogP contribution in [0.2, 0.25) is 0 Å². The Morgan fingerprint density at radius 1 is 1.32 bits per heavy atom. The topological polar surface area (TPSA) is 59.2 Å². The van der Waals surface area contributed by atoms with Crippen molar-refractivity contribution in [3.8, 4) is 0 Å². The molecule has 22 heavy (non-hydrogen) atoms. The second kappa shape index (κ2) is 9.79. The van der Waals surface area contributed by atoms with Crippen LogP contribution in [-0.2, 0) is 11.3 Å². The van der Waals surface area contributed by atoms with Crippen molar-refractivity contribution in [1.82, 2.24) is 9.88 Å². The van der Waals surface area contributed by atoms with Gasteiger partial charge in [0.1, 0.15) is 0 Å². The number of nitrogens with two attached hydrogens (primary N) is 1. The summed E-state index contributed by atoms with van der Waals surface area (Å²) in [5, 5.41) is 3.00. The summed E-state index contributed by atoms with van der Waals surface area (Å²) in [6.07, 6.45) is 0.309. The van der Waals surface area contributed by atoms with E-state index in [0.717, 1.165) is 16.3 Å². The zero-order valence-corrected chi connectivity index (χ0v) is 15.0. The molecule has 1 aromatic carbocycles. The Balaban J connectivity index is 0.00000220. The molecular weight excluding hydrogens is 341 g/mol. The van der Waals surface area contributed by atoms with E-state index in [9.17, 15) is 4.79 Å². The molecule has 0 saturated heterocycles. The summed E-state index contributed by atoms with van der Waals surface area (Å²) < 4.78 is 0. The van der Waals surface area contributed by atoms with Crippen molar-refractivity contribution in [3.05, 3.63) is 52.0 Å². The SMILES string of the molecule is Cc1nc(CN(C)C(=O)CC(N)c2ccccc2)cs1.Cl.Cl. The van der Waals surface area contributed by atoms with Crippen molar-refractivity contribution >= 4 is 42.1 Å². The molecule has 1 unspecified atom stereocenters. The van der Waals surface area contributed by atoms with Gasteiger partial charge in [0, 0.05) is 24.9 Å². The van der Waals surface area contributed by atoms with Gasteiger partial charge in [-0.1, -0.05) is 30.3 Å². The van der Waals surface area contributed by atoms with Gasteiger partial charge in [0.05, 0.1) is 17.2 Å². The third-order valence-electron chi connectivity index (χ3n) is 3.11. The highest BCUT2D eigenvalue weighted by Crippen LogP contribution is 2.16. The minimum Gasteiger partial charge on any atom is -0.340 e. The Morgan fingerprint density at radius 2 is 1.95 bits per heavy atom. The van der Waals surface area contributed by atoms with Crippen LogP contribution in [-0.4, -0.2) is 22.8 Å². The van der Waals surface area contributed by atoms with E-state index in [2.05, 4.69) is 4.98 Å². The summed E-state index contributed by atoms with van der Waals surface area (Å²) in [5.41, 5.74) is 7.98. The van der Waals surface area contributed by atoms with Crippen molar-refractivity contribution in [2.45, 2.75) is 25.9 Å². The van der Waals surface area contributed by atoms with E-state index in [1.807, 2.05) is 42.6 Å². The summed E-state index contributed by atoms with van der Waals surface area (Å²) >= 11 is 1.60. The molecule has 0 saturated carbocycles. The first-order valence-electron chi connectivity index (χ1n) is 6.51. The van der Waals surface area contributed by atoms with E-state index in [1.165, 1.54) is 0 Å². The van der Waals surface area contributed by atoms with Crippen molar-refractivity contribution in [1.29, 1.82) is 0 Å². The average Bonchev–Trinajstić information content (AvgIpc) is 2.85. The Bertz CT molecular complexity index is 577. The van der Waals surface area contributed by atoms with Gasteiger partial charge in [-0.15, -0.1) is 36.2 Å². The average molecular weight is 362 g/mol. The molecule has 2 N–H and O–H groups in total. The highest BCUT2D eigenvalue weighted by atomic mass is 35.5. The van der Waals surface area contributed by atoms with E-state index in [-0.39, 0.29) is 36.8 Å². The molecule has 0 radical (unpaired) electrons. The lowest BCUT2D eigenvalue weighted by Crippen LogP contribution is -2.29. The van der Waals surface area contributed by atoms with E-state index in [0.29, 0.717) is 13.0 Å². The molecule has 0 aliphatic heterocycles. The van der Waals surface area contributed by atoms with Crippen molar-refractivity contribution in [3.63, 3.8) is 0 Å². The number of carbonyl (C=O) groups excluding carboxylic acids is 1. The van der Waals surface area contributed by atoms with Crippen LogP contribution in [0.25, 0.3) is 0 Å². The molecule has 0 spiro atoms. The molecule has 1 heterocycles. The van der Waals surface area contributed by atoms with Crippen molar-refractivity contribution < 1.29 is 4.79 Å². The van der Waals surface area contributed by atoms with Crippen LogP contribution in [0.5, 0.6) is 0 Å². The zero-order chi connectivity index (χ0) is 14.5. The van der Waals surface area contributed by atoms with Crippen LogP contribution >= 0.6 is 36.2 Å². The van der Waals surface area contributed by atoms with Crippen molar-refractivity contribution in [2.24, 2.45) is 5.73 Å². The number of benzene rings is 1. The molecule has 1 atom stereocenters. The smallest absolute Gasteiger partial charge is 0.224 e. The van der Waals surface area contributed by atoms with Crippen LogP contribution in [0.4, 0.5) is 0 Å². The highest BCUT2D eigenvalue weighted by Gasteiger charge is 2.16. The number of aromatic nitrogens is 1. The number of halogens is 2. The van der Waals surface area contributed by atoms with Gasteiger partial charge in [-0.3, -0.25) is 4.79 Å². The van der Waals surface area contributed by atoms with Gasteiger partial charge in [0.25, 0.3) is 0 Å². The lowest BCUT2D eigenvalue weighted by molar-refractivity contribution is -0.130. The summed E-state index contributed by atoms with van der Waals surface area (Å²) in [6, 6.07) is 9.43. The predicted molar refractivity (Wildman–Crippen MR) is 95.8 cm³/mol. The molecular formula is C15H21Cl2N3OS.